The van der Waals surface area contributed by atoms with Gasteiger partial charge >= 0.3 is 0 Å². The predicted molar refractivity (Wildman–Crippen MR) is 99.2 cm³/mol. The molecule has 0 amide bonds. The summed E-state index contributed by atoms with van der Waals surface area (Å²) < 4.78 is 21.9. The van der Waals surface area contributed by atoms with E-state index < -0.39 is 11.5 Å². The molecule has 0 spiro atoms. The number of aliphatic hydroxyl groups is 1. The zero-order valence-corrected chi connectivity index (χ0v) is 15.0. The van der Waals surface area contributed by atoms with Crippen molar-refractivity contribution in [2.45, 2.75) is 31.4 Å². The van der Waals surface area contributed by atoms with E-state index in [1.54, 1.807) is 12.1 Å². The van der Waals surface area contributed by atoms with E-state index in [9.17, 15) is 9.50 Å². The van der Waals surface area contributed by atoms with Gasteiger partial charge in [0.05, 0.1) is 19.2 Å². The van der Waals surface area contributed by atoms with E-state index in [2.05, 4.69) is 4.90 Å². The molecule has 2 aliphatic rings. The summed E-state index contributed by atoms with van der Waals surface area (Å²) in [6.45, 7) is 1.04. The molecule has 2 aliphatic heterocycles. The highest BCUT2D eigenvalue weighted by atomic mass is 19.1. The highest BCUT2D eigenvalue weighted by molar-refractivity contribution is 5.95. The van der Waals surface area contributed by atoms with Crippen molar-refractivity contribution in [1.82, 2.24) is 0 Å². The van der Waals surface area contributed by atoms with Crippen molar-refractivity contribution < 1.29 is 18.8 Å². The molecule has 2 aromatic carbocycles. The lowest BCUT2D eigenvalue weighted by Gasteiger charge is -2.24. The summed E-state index contributed by atoms with van der Waals surface area (Å²) >= 11 is 0. The van der Waals surface area contributed by atoms with Crippen molar-refractivity contribution in [1.29, 1.82) is 0 Å². The molecule has 0 radical (unpaired) electrons. The third kappa shape index (κ3) is 2.76. The summed E-state index contributed by atoms with van der Waals surface area (Å²) in [5.74, 6) is 1.09. The van der Waals surface area contributed by atoms with Gasteiger partial charge in [-0.25, -0.2) is 13.9 Å². The van der Waals surface area contributed by atoms with Crippen LogP contribution in [0, 0.1) is 5.82 Å². The third-order valence-electron chi connectivity index (χ3n) is 5.41. The number of benzene rings is 2. The first-order chi connectivity index (χ1) is 12.6. The lowest BCUT2D eigenvalue weighted by atomic mass is 10.0. The number of methoxy groups -OCH3 is 1. The number of halogens is 1. The first kappa shape index (κ1) is 17.0. The van der Waals surface area contributed by atoms with Crippen LogP contribution < -0.4 is 9.64 Å². The van der Waals surface area contributed by atoms with Crippen LogP contribution in [0.2, 0.25) is 0 Å². The molecule has 0 saturated carbocycles. The molecule has 1 N–H and O–H groups in total. The molecule has 26 heavy (non-hydrogen) atoms. The molecule has 2 heterocycles. The van der Waals surface area contributed by atoms with E-state index in [4.69, 9.17) is 4.74 Å². The number of hydrogen-bond donors (Lipinski definition) is 1. The molecule has 4 nitrogen and oxygen atoms in total. The summed E-state index contributed by atoms with van der Waals surface area (Å²) in [4.78, 5) is 2.13. The van der Waals surface area contributed by atoms with Crippen LogP contribution in [0.3, 0.4) is 0 Å². The van der Waals surface area contributed by atoms with Gasteiger partial charge in [-0.2, -0.15) is 0 Å². The average molecular weight is 355 g/mol. The number of nitrogens with zero attached hydrogens (tertiary/aromatic N) is 2. The Bertz CT molecular complexity index is 837. The summed E-state index contributed by atoms with van der Waals surface area (Å²) in [6.07, 6.45) is 4.07. The van der Waals surface area contributed by atoms with Crippen LogP contribution in [0.4, 0.5) is 10.1 Å². The Hall–Kier alpha value is -2.40. The second-order valence-electron chi connectivity index (χ2n) is 6.96. The van der Waals surface area contributed by atoms with E-state index >= 15 is 0 Å². The van der Waals surface area contributed by atoms with Crippen LogP contribution in [0.5, 0.6) is 5.75 Å². The molecule has 0 aromatic heterocycles. The van der Waals surface area contributed by atoms with Crippen molar-refractivity contribution >= 4 is 11.5 Å². The Morgan fingerprint density at radius 1 is 1.12 bits per heavy atom. The molecule has 2 aromatic rings. The molecule has 4 rings (SSSR count). The normalized spacial score (nSPS) is 23.0. The molecule has 0 saturated heterocycles. The quantitative estimate of drug-likeness (QED) is 0.856. The summed E-state index contributed by atoms with van der Waals surface area (Å²) in [7, 11) is 1.51. The molecule has 1 atom stereocenters. The number of para-hydroxylation sites is 1. The molecule has 0 bridgehead atoms. The minimum absolute atomic E-state index is 0.302. The zero-order chi connectivity index (χ0) is 18.1. The lowest BCUT2D eigenvalue weighted by molar-refractivity contribution is -0.658. The molecule has 0 aliphatic carbocycles. The van der Waals surface area contributed by atoms with Crippen LogP contribution in [0.25, 0.3) is 0 Å². The number of β-amino-alcohol motifs (C(OH)–C–C–N with tert-alkyl or cyclic N) is 1. The van der Waals surface area contributed by atoms with Gasteiger partial charge in [0.1, 0.15) is 17.3 Å². The van der Waals surface area contributed by atoms with Gasteiger partial charge < -0.3 is 9.84 Å². The summed E-state index contributed by atoms with van der Waals surface area (Å²) in [5, 5.41) is 11.6. The highest BCUT2D eigenvalue weighted by Crippen LogP contribution is 2.37. The lowest BCUT2D eigenvalue weighted by Crippen LogP contribution is -2.41. The molecule has 0 unspecified atom stereocenters. The van der Waals surface area contributed by atoms with Crippen LogP contribution in [0.15, 0.2) is 48.5 Å². The minimum Gasteiger partial charge on any atom is -0.497 e. The Morgan fingerprint density at radius 2 is 1.92 bits per heavy atom. The maximum atomic E-state index is 14.8. The van der Waals surface area contributed by atoms with E-state index in [0.29, 0.717) is 17.9 Å². The fourth-order valence-electron chi connectivity index (χ4n) is 4.10. The van der Waals surface area contributed by atoms with Gasteiger partial charge in [0.25, 0.3) is 11.6 Å². The first-order valence-corrected chi connectivity index (χ1v) is 9.16. The van der Waals surface area contributed by atoms with Crippen molar-refractivity contribution in [2.75, 3.05) is 25.1 Å². The van der Waals surface area contributed by atoms with Crippen molar-refractivity contribution in [3.8, 4) is 5.75 Å². The standard InChI is InChI=1S/C21H24FN2O2/c1-26-17-11-12-18(19(22)14-17)21(25)15-23(16-8-4-2-5-9-16)20-10-6-3-7-13-24(20)21/h2,4-5,8-9,11-12,14,25H,3,6-7,10,13,15H2,1H3/q+1/t21-/m1/s1. The molecule has 136 valence electrons. The second kappa shape index (κ2) is 6.72. The smallest absolute Gasteiger partial charge is 0.273 e. The fraction of sp³-hybridized carbons (Fsp3) is 0.381. The van der Waals surface area contributed by atoms with Crippen molar-refractivity contribution in [2.24, 2.45) is 0 Å². The number of amidine groups is 1. The number of hydrogen-bond acceptors (Lipinski definition) is 3. The average Bonchev–Trinajstić information content (AvgIpc) is 2.82. The summed E-state index contributed by atoms with van der Waals surface area (Å²) in [6, 6.07) is 14.7. The van der Waals surface area contributed by atoms with Crippen molar-refractivity contribution in [3.63, 3.8) is 0 Å². The topological polar surface area (TPSA) is 35.7 Å². The third-order valence-corrected chi connectivity index (χ3v) is 5.41. The summed E-state index contributed by atoms with van der Waals surface area (Å²) in [5.41, 5.74) is -0.0540. The molecular formula is C21H24FN2O2+. The maximum Gasteiger partial charge on any atom is 0.273 e. The van der Waals surface area contributed by atoms with Gasteiger partial charge in [0.15, 0.2) is 6.54 Å². The van der Waals surface area contributed by atoms with Gasteiger partial charge in [-0.15, -0.1) is 0 Å². The first-order valence-electron chi connectivity index (χ1n) is 9.16. The van der Waals surface area contributed by atoms with Crippen LogP contribution in [0.1, 0.15) is 31.2 Å². The Kier molecular flexibility index (Phi) is 4.41. The fourth-order valence-corrected chi connectivity index (χ4v) is 4.10. The SMILES string of the molecule is COc1ccc([C@]2(O)CN(c3ccccc3)C3=[N+]2CCCCC3)c(F)c1. The highest BCUT2D eigenvalue weighted by Gasteiger charge is 2.53. The largest absolute Gasteiger partial charge is 0.497 e. The van der Waals surface area contributed by atoms with Gasteiger partial charge in [0.2, 0.25) is 0 Å². The monoisotopic (exact) mass is 355 g/mol. The predicted octanol–water partition coefficient (Wildman–Crippen LogP) is 3.48. The Labute approximate surface area is 153 Å². The minimum atomic E-state index is -1.38. The van der Waals surface area contributed by atoms with Crippen LogP contribution >= 0.6 is 0 Å². The number of anilines is 1. The Balaban J connectivity index is 1.82. The molecule has 0 fully saturated rings. The van der Waals surface area contributed by atoms with Crippen molar-refractivity contribution in [3.05, 3.63) is 59.9 Å². The molecular weight excluding hydrogens is 331 g/mol. The second-order valence-corrected chi connectivity index (χ2v) is 6.96. The van der Waals surface area contributed by atoms with E-state index in [0.717, 1.165) is 43.8 Å². The molecule has 5 heteroatoms. The van der Waals surface area contributed by atoms with Gasteiger partial charge in [-0.1, -0.05) is 18.2 Å². The van der Waals surface area contributed by atoms with Crippen LogP contribution in [-0.2, 0) is 5.72 Å². The van der Waals surface area contributed by atoms with Gasteiger partial charge in [-0.05, 0) is 43.5 Å². The number of rotatable bonds is 3. The Morgan fingerprint density at radius 3 is 2.65 bits per heavy atom. The van der Waals surface area contributed by atoms with E-state index in [1.807, 2.05) is 34.9 Å². The van der Waals surface area contributed by atoms with Gasteiger partial charge in [-0.3, -0.25) is 0 Å². The van der Waals surface area contributed by atoms with Gasteiger partial charge in [0, 0.05) is 12.5 Å². The van der Waals surface area contributed by atoms with Crippen LogP contribution in [-0.4, -0.2) is 35.7 Å². The van der Waals surface area contributed by atoms with E-state index in [1.165, 1.54) is 13.2 Å². The number of ether oxygens (including phenoxy) is 1. The maximum absolute atomic E-state index is 14.8. The van der Waals surface area contributed by atoms with E-state index in [-0.39, 0.29) is 0 Å². The zero-order valence-electron chi connectivity index (χ0n) is 15.0.